The van der Waals surface area contributed by atoms with Gasteiger partial charge in [-0.05, 0) is 39.3 Å². The Morgan fingerprint density at radius 2 is 2.03 bits per heavy atom. The van der Waals surface area contributed by atoms with Crippen molar-refractivity contribution in [2.75, 3.05) is 19.0 Å². The monoisotopic (exact) mass is 429 g/mol. The molecule has 30 heavy (non-hydrogen) atoms. The van der Waals surface area contributed by atoms with Gasteiger partial charge in [0.2, 0.25) is 5.91 Å². The number of rotatable bonds is 6. The average Bonchev–Trinajstić information content (AvgIpc) is 3.07. The fourth-order valence-electron chi connectivity index (χ4n) is 3.24. The number of pyridine rings is 1. The molecule has 0 spiro atoms. The van der Waals surface area contributed by atoms with Crippen molar-refractivity contribution in [3.05, 3.63) is 50.8 Å². The van der Waals surface area contributed by atoms with E-state index in [1.165, 1.54) is 17.7 Å². The molecule has 3 aromatic rings. The summed E-state index contributed by atoms with van der Waals surface area (Å²) in [5.41, 5.74) is 1.51. The Morgan fingerprint density at radius 3 is 2.70 bits per heavy atom. The minimum atomic E-state index is -0.841. The first kappa shape index (κ1) is 21.5. The molecule has 0 saturated carbocycles. The van der Waals surface area contributed by atoms with Crippen molar-refractivity contribution in [2.24, 2.45) is 0 Å². The number of carbonyl (C=O) groups excluding carboxylic acids is 2. The molecule has 1 amide bonds. The van der Waals surface area contributed by atoms with Crippen LogP contribution in [0.5, 0.6) is 5.75 Å². The molecular weight excluding hydrogens is 406 g/mol. The number of esters is 1. The van der Waals surface area contributed by atoms with Crippen molar-refractivity contribution in [3.8, 4) is 5.75 Å². The van der Waals surface area contributed by atoms with E-state index < -0.39 is 17.9 Å². The molecule has 8 nitrogen and oxygen atoms in total. The summed E-state index contributed by atoms with van der Waals surface area (Å²) in [4.78, 5) is 42.3. The summed E-state index contributed by atoms with van der Waals surface area (Å²) >= 11 is 1.04. The van der Waals surface area contributed by atoms with Crippen molar-refractivity contribution in [1.82, 2.24) is 9.55 Å². The Bertz CT molecular complexity index is 1180. The van der Waals surface area contributed by atoms with Gasteiger partial charge in [0.05, 0.1) is 24.9 Å². The molecule has 0 aliphatic rings. The summed E-state index contributed by atoms with van der Waals surface area (Å²) < 4.78 is 11.9. The smallest absolute Gasteiger partial charge is 0.350 e. The third kappa shape index (κ3) is 3.93. The van der Waals surface area contributed by atoms with E-state index in [4.69, 9.17) is 9.47 Å². The van der Waals surface area contributed by atoms with Crippen molar-refractivity contribution in [2.45, 2.75) is 33.7 Å². The molecule has 1 aromatic carbocycles. The maximum absolute atomic E-state index is 12.9. The predicted molar refractivity (Wildman–Crippen MR) is 116 cm³/mol. The highest BCUT2D eigenvalue weighted by molar-refractivity contribution is 7.17. The van der Waals surface area contributed by atoms with Gasteiger partial charge in [0.1, 0.15) is 16.7 Å². The van der Waals surface area contributed by atoms with Gasteiger partial charge in [-0.2, -0.15) is 0 Å². The number of ether oxygens (including phenoxy) is 2. The van der Waals surface area contributed by atoms with Gasteiger partial charge in [-0.25, -0.2) is 9.78 Å². The molecule has 0 fully saturated rings. The van der Waals surface area contributed by atoms with Crippen LogP contribution in [-0.2, 0) is 9.53 Å². The Hall–Kier alpha value is -3.20. The SMILES string of the molecule is CCOC(=O)c1sc(NC(=O)C(C)n2c(=O)cc(C)c3cccc(OC)c32)nc1C. The number of amides is 1. The van der Waals surface area contributed by atoms with Crippen LogP contribution in [0.3, 0.4) is 0 Å². The van der Waals surface area contributed by atoms with Crippen LogP contribution in [0.4, 0.5) is 5.13 Å². The van der Waals surface area contributed by atoms with E-state index >= 15 is 0 Å². The van der Waals surface area contributed by atoms with Crippen molar-refractivity contribution in [1.29, 1.82) is 0 Å². The summed E-state index contributed by atoms with van der Waals surface area (Å²) in [5.74, 6) is -0.411. The van der Waals surface area contributed by atoms with E-state index in [-0.39, 0.29) is 17.3 Å². The van der Waals surface area contributed by atoms with E-state index in [9.17, 15) is 14.4 Å². The third-order valence-electron chi connectivity index (χ3n) is 4.72. The molecule has 0 aliphatic heterocycles. The lowest BCUT2D eigenvalue weighted by Crippen LogP contribution is -2.32. The summed E-state index contributed by atoms with van der Waals surface area (Å²) in [6.45, 7) is 7.11. The molecule has 2 aromatic heterocycles. The molecule has 0 saturated heterocycles. The van der Waals surface area contributed by atoms with Gasteiger partial charge >= 0.3 is 5.97 Å². The lowest BCUT2D eigenvalue weighted by atomic mass is 10.1. The molecule has 3 rings (SSSR count). The van der Waals surface area contributed by atoms with Crippen molar-refractivity contribution in [3.63, 3.8) is 0 Å². The number of anilines is 1. The van der Waals surface area contributed by atoms with Gasteiger partial charge in [0.25, 0.3) is 5.56 Å². The zero-order chi connectivity index (χ0) is 22.0. The molecule has 2 heterocycles. The maximum atomic E-state index is 12.9. The summed E-state index contributed by atoms with van der Waals surface area (Å²) in [7, 11) is 1.52. The number of hydrogen-bond acceptors (Lipinski definition) is 7. The van der Waals surface area contributed by atoms with Crippen LogP contribution in [-0.4, -0.2) is 35.1 Å². The molecule has 1 atom stereocenters. The number of hydrogen-bond donors (Lipinski definition) is 1. The summed E-state index contributed by atoms with van der Waals surface area (Å²) in [6, 6.07) is 6.12. The molecule has 1 N–H and O–H groups in total. The van der Waals surface area contributed by atoms with Crippen LogP contribution in [0.1, 0.15) is 40.8 Å². The second kappa shape index (κ2) is 8.66. The Balaban J connectivity index is 1.98. The van der Waals surface area contributed by atoms with E-state index in [0.29, 0.717) is 21.8 Å². The lowest BCUT2D eigenvalue weighted by Gasteiger charge is -2.19. The highest BCUT2D eigenvalue weighted by Gasteiger charge is 2.23. The molecule has 0 radical (unpaired) electrons. The van der Waals surface area contributed by atoms with Crippen LogP contribution in [0, 0.1) is 13.8 Å². The second-order valence-electron chi connectivity index (χ2n) is 6.71. The van der Waals surface area contributed by atoms with E-state index in [1.807, 2.05) is 19.1 Å². The van der Waals surface area contributed by atoms with Crippen LogP contribution >= 0.6 is 11.3 Å². The standard InChI is InChI=1S/C21H23N3O5S/c1-6-29-20(27)18-12(3)22-21(30-18)23-19(26)13(4)24-16(25)10-11(2)14-8-7-9-15(28-5)17(14)24/h7-10,13H,6H2,1-5H3,(H,22,23,26). The van der Waals surface area contributed by atoms with Gasteiger partial charge in [0, 0.05) is 11.5 Å². The first-order valence-corrected chi connectivity index (χ1v) is 10.2. The number of fused-ring (bicyclic) bond motifs is 1. The molecule has 0 aliphatic carbocycles. The minimum Gasteiger partial charge on any atom is -0.495 e. The summed E-state index contributed by atoms with van der Waals surface area (Å²) in [6.07, 6.45) is 0. The second-order valence-corrected chi connectivity index (χ2v) is 7.71. The largest absolute Gasteiger partial charge is 0.495 e. The minimum absolute atomic E-state index is 0.250. The Morgan fingerprint density at radius 1 is 1.30 bits per heavy atom. The Labute approximate surface area is 177 Å². The first-order chi connectivity index (χ1) is 14.3. The van der Waals surface area contributed by atoms with Crippen LogP contribution < -0.4 is 15.6 Å². The molecule has 1 unspecified atom stereocenters. The normalized spacial score (nSPS) is 11.9. The molecular formula is C21H23N3O5S. The Kier molecular flexibility index (Phi) is 6.21. The quantitative estimate of drug-likeness (QED) is 0.603. The lowest BCUT2D eigenvalue weighted by molar-refractivity contribution is -0.118. The van der Waals surface area contributed by atoms with Gasteiger partial charge in [-0.15, -0.1) is 0 Å². The number of aromatic nitrogens is 2. The van der Waals surface area contributed by atoms with Gasteiger partial charge in [-0.3, -0.25) is 14.2 Å². The first-order valence-electron chi connectivity index (χ1n) is 9.42. The van der Waals surface area contributed by atoms with Crippen LogP contribution in [0.25, 0.3) is 10.9 Å². The average molecular weight is 429 g/mol. The van der Waals surface area contributed by atoms with E-state index in [0.717, 1.165) is 22.3 Å². The van der Waals surface area contributed by atoms with Crippen molar-refractivity contribution < 1.29 is 19.1 Å². The number of para-hydroxylation sites is 1. The topological polar surface area (TPSA) is 99.5 Å². The third-order valence-corrected chi connectivity index (χ3v) is 5.77. The number of nitrogens with one attached hydrogen (secondary N) is 1. The maximum Gasteiger partial charge on any atom is 0.350 e. The molecule has 0 bridgehead atoms. The highest BCUT2D eigenvalue weighted by Crippen LogP contribution is 2.29. The molecule has 9 heteroatoms. The fourth-order valence-corrected chi connectivity index (χ4v) is 4.11. The number of carbonyl (C=O) groups is 2. The fraction of sp³-hybridized carbons (Fsp3) is 0.333. The number of benzene rings is 1. The van der Waals surface area contributed by atoms with Gasteiger partial charge in [-0.1, -0.05) is 23.5 Å². The summed E-state index contributed by atoms with van der Waals surface area (Å²) in [5, 5.41) is 3.79. The zero-order valence-corrected chi connectivity index (χ0v) is 18.3. The van der Waals surface area contributed by atoms with Gasteiger partial charge < -0.3 is 14.8 Å². The zero-order valence-electron chi connectivity index (χ0n) is 17.4. The van der Waals surface area contributed by atoms with Crippen LogP contribution in [0.2, 0.25) is 0 Å². The number of methoxy groups -OCH3 is 1. The van der Waals surface area contributed by atoms with Crippen LogP contribution in [0.15, 0.2) is 29.1 Å². The highest BCUT2D eigenvalue weighted by atomic mass is 32.1. The number of nitrogens with zero attached hydrogens (tertiary/aromatic N) is 2. The number of aryl methyl sites for hydroxylation is 2. The van der Waals surface area contributed by atoms with Gasteiger partial charge in [0.15, 0.2) is 5.13 Å². The van der Waals surface area contributed by atoms with E-state index in [1.54, 1.807) is 26.8 Å². The predicted octanol–water partition coefficient (Wildman–Crippen LogP) is 3.46. The van der Waals surface area contributed by atoms with Crippen molar-refractivity contribution >= 4 is 39.2 Å². The van der Waals surface area contributed by atoms with E-state index in [2.05, 4.69) is 10.3 Å². The molecule has 158 valence electrons. The number of thiazole rings is 1.